The Hall–Kier alpha value is -1.63. The molecule has 2 aliphatic heterocycles. The van der Waals surface area contributed by atoms with Gasteiger partial charge in [0.1, 0.15) is 5.82 Å². The molecular formula is C18H22F4N2O. The third kappa shape index (κ3) is 4.14. The van der Waals surface area contributed by atoms with Gasteiger partial charge in [-0.15, -0.1) is 0 Å². The van der Waals surface area contributed by atoms with Crippen molar-refractivity contribution in [1.29, 1.82) is 0 Å². The number of aryl methyl sites for hydroxylation is 2. The van der Waals surface area contributed by atoms with Crippen LogP contribution in [0.3, 0.4) is 0 Å². The molecule has 0 radical (unpaired) electrons. The molecule has 0 atom stereocenters. The van der Waals surface area contributed by atoms with Crippen LogP contribution in [0.4, 0.5) is 23.2 Å². The Morgan fingerprint density at radius 2 is 1.88 bits per heavy atom. The van der Waals surface area contributed by atoms with Gasteiger partial charge in [-0.2, -0.15) is 13.2 Å². The van der Waals surface area contributed by atoms with Crippen molar-refractivity contribution in [2.75, 3.05) is 31.1 Å². The number of carbonyl (C=O) groups is 1. The van der Waals surface area contributed by atoms with Crippen molar-refractivity contribution >= 4 is 11.6 Å². The van der Waals surface area contributed by atoms with E-state index >= 15 is 0 Å². The number of amides is 1. The van der Waals surface area contributed by atoms with E-state index < -0.39 is 12.7 Å². The number of benzene rings is 1. The predicted molar refractivity (Wildman–Crippen MR) is 87.0 cm³/mol. The molecule has 0 bridgehead atoms. The first-order valence-electron chi connectivity index (χ1n) is 8.64. The van der Waals surface area contributed by atoms with Gasteiger partial charge in [0.05, 0.1) is 6.54 Å². The van der Waals surface area contributed by atoms with Crippen LogP contribution in [0.5, 0.6) is 0 Å². The number of alkyl halides is 3. The monoisotopic (exact) mass is 358 g/mol. The molecule has 0 unspecified atom stereocenters. The fraction of sp³-hybridized carbons (Fsp3) is 0.611. The van der Waals surface area contributed by atoms with Gasteiger partial charge in [-0.3, -0.25) is 9.69 Å². The Kier molecular flexibility index (Phi) is 5.04. The second-order valence-electron chi connectivity index (χ2n) is 6.99. The van der Waals surface area contributed by atoms with Gasteiger partial charge in [-0.25, -0.2) is 4.39 Å². The zero-order valence-corrected chi connectivity index (χ0v) is 14.2. The Bertz CT molecular complexity index is 651. The first kappa shape index (κ1) is 18.2. The molecule has 1 aromatic rings. The number of fused-ring (bicyclic) bond motifs is 1. The summed E-state index contributed by atoms with van der Waals surface area (Å²) in [5, 5.41) is 0. The van der Waals surface area contributed by atoms with Gasteiger partial charge in [0.25, 0.3) is 0 Å². The molecule has 0 aliphatic carbocycles. The molecule has 0 aromatic heterocycles. The first-order valence-corrected chi connectivity index (χ1v) is 8.64. The highest BCUT2D eigenvalue weighted by Crippen LogP contribution is 2.34. The molecule has 25 heavy (non-hydrogen) atoms. The summed E-state index contributed by atoms with van der Waals surface area (Å²) in [6.07, 6.45) is -1.83. The van der Waals surface area contributed by atoms with Crippen LogP contribution in [-0.4, -0.2) is 43.2 Å². The molecule has 1 amide bonds. The molecule has 2 aliphatic rings. The average molecular weight is 358 g/mol. The van der Waals surface area contributed by atoms with Crippen molar-refractivity contribution in [2.24, 2.45) is 5.92 Å². The Morgan fingerprint density at radius 3 is 2.52 bits per heavy atom. The molecule has 0 saturated carbocycles. The van der Waals surface area contributed by atoms with Gasteiger partial charge in [-0.05, 0) is 69.0 Å². The van der Waals surface area contributed by atoms with E-state index in [2.05, 4.69) is 0 Å². The Morgan fingerprint density at radius 1 is 1.20 bits per heavy atom. The second kappa shape index (κ2) is 6.94. The molecule has 1 saturated heterocycles. The highest BCUT2D eigenvalue weighted by Gasteiger charge is 2.36. The number of likely N-dealkylation sites (tertiary alicyclic amines) is 1. The summed E-state index contributed by atoms with van der Waals surface area (Å²) in [6, 6.07) is 2.91. The maximum Gasteiger partial charge on any atom is 0.401 e. The van der Waals surface area contributed by atoms with E-state index in [1.165, 1.54) is 17.0 Å². The van der Waals surface area contributed by atoms with Crippen molar-refractivity contribution in [2.45, 2.75) is 38.8 Å². The average Bonchev–Trinajstić information content (AvgIpc) is 2.52. The minimum Gasteiger partial charge on any atom is -0.312 e. The van der Waals surface area contributed by atoms with Crippen LogP contribution in [0, 0.1) is 18.7 Å². The van der Waals surface area contributed by atoms with Gasteiger partial charge < -0.3 is 4.90 Å². The van der Waals surface area contributed by atoms with Gasteiger partial charge in [-0.1, -0.05) is 0 Å². The molecule has 1 fully saturated rings. The lowest BCUT2D eigenvalue weighted by molar-refractivity contribution is -0.149. The largest absolute Gasteiger partial charge is 0.401 e. The summed E-state index contributed by atoms with van der Waals surface area (Å²) in [7, 11) is 0. The molecule has 3 nitrogen and oxygen atoms in total. The fourth-order valence-electron chi connectivity index (χ4n) is 3.95. The molecule has 0 spiro atoms. The van der Waals surface area contributed by atoms with Crippen LogP contribution < -0.4 is 4.90 Å². The predicted octanol–water partition coefficient (Wildman–Crippen LogP) is 3.69. The minimum atomic E-state index is -4.20. The smallest absolute Gasteiger partial charge is 0.312 e. The quantitative estimate of drug-likeness (QED) is 0.753. The minimum absolute atomic E-state index is 0.0395. The van der Waals surface area contributed by atoms with Crippen LogP contribution in [0.25, 0.3) is 0 Å². The zero-order chi connectivity index (χ0) is 18.2. The molecule has 2 heterocycles. The van der Waals surface area contributed by atoms with Gasteiger partial charge >= 0.3 is 6.18 Å². The van der Waals surface area contributed by atoms with Crippen molar-refractivity contribution in [3.8, 4) is 0 Å². The van der Waals surface area contributed by atoms with Crippen molar-refractivity contribution in [3.05, 3.63) is 29.1 Å². The number of halogens is 4. The maximum absolute atomic E-state index is 13.6. The fourth-order valence-corrected chi connectivity index (χ4v) is 3.95. The Balaban J connectivity index is 1.70. The topological polar surface area (TPSA) is 23.6 Å². The highest BCUT2D eigenvalue weighted by atomic mass is 19.4. The lowest BCUT2D eigenvalue weighted by atomic mass is 9.92. The number of carbonyl (C=O) groups excluding carboxylic acids is 1. The highest BCUT2D eigenvalue weighted by molar-refractivity contribution is 5.97. The van der Waals surface area contributed by atoms with E-state index in [-0.39, 0.29) is 30.7 Å². The summed E-state index contributed by atoms with van der Waals surface area (Å²) in [6.45, 7) is 2.01. The molecule has 3 rings (SSSR count). The maximum atomic E-state index is 13.6. The van der Waals surface area contributed by atoms with Crippen LogP contribution in [0.1, 0.15) is 30.4 Å². The lowest BCUT2D eigenvalue weighted by Crippen LogP contribution is -2.46. The van der Waals surface area contributed by atoms with Crippen LogP contribution in [-0.2, 0) is 11.2 Å². The Labute approximate surface area is 144 Å². The molecule has 0 N–H and O–H groups in total. The summed E-state index contributed by atoms with van der Waals surface area (Å²) >= 11 is 0. The molecular weight excluding hydrogens is 336 g/mol. The van der Waals surface area contributed by atoms with Crippen LogP contribution in [0.15, 0.2) is 12.1 Å². The number of hydrogen-bond acceptors (Lipinski definition) is 2. The van der Waals surface area contributed by atoms with E-state index in [1.807, 2.05) is 0 Å². The van der Waals surface area contributed by atoms with Crippen molar-refractivity contribution in [3.63, 3.8) is 0 Å². The summed E-state index contributed by atoms with van der Waals surface area (Å²) in [5.41, 5.74) is 2.36. The van der Waals surface area contributed by atoms with E-state index in [0.717, 1.165) is 29.7 Å². The zero-order valence-electron chi connectivity index (χ0n) is 14.2. The standard InChI is InChI=1S/C18H22F4N2O/c1-12-9-15(19)10-14-3-2-6-24(16(12)14)17(25)13-4-7-23(8-5-13)11-18(20,21)22/h9-10,13H,2-8,11H2,1H3. The number of piperidine rings is 1. The van der Waals surface area contributed by atoms with Gasteiger partial charge in [0.2, 0.25) is 5.91 Å². The summed E-state index contributed by atoms with van der Waals surface area (Å²) in [5.74, 6) is -0.604. The number of rotatable bonds is 2. The third-order valence-corrected chi connectivity index (χ3v) is 5.05. The van der Waals surface area contributed by atoms with E-state index in [1.54, 1.807) is 11.8 Å². The molecule has 7 heteroatoms. The van der Waals surface area contributed by atoms with Crippen LogP contribution in [0.2, 0.25) is 0 Å². The third-order valence-electron chi connectivity index (χ3n) is 5.05. The number of anilines is 1. The van der Waals surface area contributed by atoms with E-state index in [9.17, 15) is 22.4 Å². The van der Waals surface area contributed by atoms with E-state index in [0.29, 0.717) is 19.4 Å². The van der Waals surface area contributed by atoms with Crippen LogP contribution >= 0.6 is 0 Å². The van der Waals surface area contributed by atoms with E-state index in [4.69, 9.17) is 0 Å². The van der Waals surface area contributed by atoms with Gasteiger partial charge in [0, 0.05) is 18.2 Å². The number of nitrogens with zero attached hydrogens (tertiary/aromatic N) is 2. The normalized spacial score (nSPS) is 19.8. The van der Waals surface area contributed by atoms with Crippen molar-refractivity contribution < 1.29 is 22.4 Å². The number of hydrogen-bond donors (Lipinski definition) is 0. The first-order chi connectivity index (χ1) is 11.7. The molecule has 1 aromatic carbocycles. The van der Waals surface area contributed by atoms with Gasteiger partial charge in [0.15, 0.2) is 0 Å². The summed E-state index contributed by atoms with van der Waals surface area (Å²) in [4.78, 5) is 16.0. The van der Waals surface area contributed by atoms with Crippen molar-refractivity contribution in [1.82, 2.24) is 4.90 Å². The lowest BCUT2D eigenvalue weighted by Gasteiger charge is -2.37. The molecule has 138 valence electrons. The SMILES string of the molecule is Cc1cc(F)cc2c1N(C(=O)C1CCN(CC(F)(F)F)CC1)CCC2. The summed E-state index contributed by atoms with van der Waals surface area (Å²) < 4.78 is 51.1. The second-order valence-corrected chi connectivity index (χ2v) is 6.99.